The first-order chi connectivity index (χ1) is 9.95. The summed E-state index contributed by atoms with van der Waals surface area (Å²) in [4.78, 5) is 15.3. The normalized spacial score (nSPS) is 13.9. The molecule has 0 fully saturated rings. The Morgan fingerprint density at radius 3 is 2.86 bits per heavy atom. The molecule has 2 atom stereocenters. The molecule has 0 bridgehead atoms. The number of aromatic nitrogens is 3. The van der Waals surface area contributed by atoms with Crippen LogP contribution in [0.4, 0.5) is 5.13 Å². The van der Waals surface area contributed by atoms with Crippen molar-refractivity contribution in [2.75, 3.05) is 5.32 Å². The fraction of sp³-hybridized carbons (Fsp3) is 0.500. The first kappa shape index (κ1) is 15.7. The lowest BCUT2D eigenvalue weighted by Crippen LogP contribution is -2.33. The number of nitrogens with zero attached hydrogens (tertiary/aromatic N) is 3. The number of anilines is 1. The molecule has 2 unspecified atom stereocenters. The fourth-order valence-corrected chi connectivity index (χ4v) is 2.67. The molecule has 0 radical (unpaired) electrons. The monoisotopic (exact) mass is 307 g/mol. The number of rotatable bonds is 6. The van der Waals surface area contributed by atoms with Crippen molar-refractivity contribution in [1.82, 2.24) is 20.1 Å². The van der Waals surface area contributed by atoms with Crippen molar-refractivity contribution in [2.24, 2.45) is 0 Å². The lowest BCUT2D eigenvalue weighted by Gasteiger charge is -2.21. The predicted octanol–water partition coefficient (Wildman–Crippen LogP) is 2.35. The Morgan fingerprint density at radius 1 is 1.48 bits per heavy atom. The summed E-state index contributed by atoms with van der Waals surface area (Å²) in [6, 6.07) is 0.516. The Hall–Kier alpha value is -1.73. The number of thiazole rings is 1. The molecular weight excluding hydrogens is 286 g/mol. The molecule has 2 aromatic rings. The zero-order valence-electron chi connectivity index (χ0n) is 12.8. The van der Waals surface area contributed by atoms with Crippen molar-refractivity contribution in [3.05, 3.63) is 29.0 Å². The summed E-state index contributed by atoms with van der Waals surface area (Å²) in [6.07, 6.45) is 3.91. The summed E-state index contributed by atoms with van der Waals surface area (Å²) in [6.45, 7) is 8.45. The largest absolute Gasteiger partial charge is 0.306 e. The van der Waals surface area contributed by atoms with Crippen molar-refractivity contribution >= 4 is 22.4 Å². The van der Waals surface area contributed by atoms with E-state index in [4.69, 9.17) is 0 Å². The smallest absolute Gasteiger partial charge is 0.223 e. The van der Waals surface area contributed by atoms with Gasteiger partial charge in [0.25, 0.3) is 0 Å². The third kappa shape index (κ3) is 4.37. The van der Waals surface area contributed by atoms with Gasteiger partial charge >= 0.3 is 0 Å². The molecule has 7 heteroatoms. The van der Waals surface area contributed by atoms with Gasteiger partial charge in [-0.05, 0) is 26.3 Å². The van der Waals surface area contributed by atoms with Crippen molar-refractivity contribution in [3.8, 4) is 0 Å². The van der Waals surface area contributed by atoms with E-state index in [0.29, 0.717) is 11.7 Å². The number of nitrogens with one attached hydrogen (secondary N) is 2. The van der Waals surface area contributed by atoms with Crippen LogP contribution in [0.2, 0.25) is 0 Å². The first-order valence-corrected chi connectivity index (χ1v) is 7.80. The van der Waals surface area contributed by atoms with Gasteiger partial charge in [0.15, 0.2) is 5.13 Å². The molecule has 0 aliphatic heterocycles. The number of aryl methyl sites for hydroxylation is 1. The van der Waals surface area contributed by atoms with Crippen LogP contribution in [0.3, 0.4) is 0 Å². The van der Waals surface area contributed by atoms with Crippen LogP contribution < -0.4 is 10.6 Å². The molecule has 0 saturated heterocycles. The van der Waals surface area contributed by atoms with Crippen molar-refractivity contribution in [3.63, 3.8) is 0 Å². The van der Waals surface area contributed by atoms with E-state index in [-0.39, 0.29) is 18.0 Å². The van der Waals surface area contributed by atoms with Crippen LogP contribution in [-0.2, 0) is 11.3 Å². The van der Waals surface area contributed by atoms with E-state index in [2.05, 4.69) is 34.6 Å². The quantitative estimate of drug-likeness (QED) is 0.859. The Kier molecular flexibility index (Phi) is 5.08. The maximum Gasteiger partial charge on any atom is 0.223 e. The molecule has 2 aromatic heterocycles. The second kappa shape index (κ2) is 6.82. The van der Waals surface area contributed by atoms with Crippen molar-refractivity contribution in [1.29, 1.82) is 0 Å². The van der Waals surface area contributed by atoms with Gasteiger partial charge in [0.2, 0.25) is 5.91 Å². The van der Waals surface area contributed by atoms with Crippen LogP contribution in [0.5, 0.6) is 0 Å². The number of carbonyl (C=O) groups is 1. The van der Waals surface area contributed by atoms with Gasteiger partial charge in [-0.2, -0.15) is 5.10 Å². The van der Waals surface area contributed by atoms with Gasteiger partial charge in [0.05, 0.1) is 17.9 Å². The molecule has 6 nitrogen and oxygen atoms in total. The summed E-state index contributed by atoms with van der Waals surface area (Å²) in [5.41, 5.74) is 2.09. The highest BCUT2D eigenvalue weighted by Crippen LogP contribution is 2.16. The van der Waals surface area contributed by atoms with Gasteiger partial charge in [-0.25, -0.2) is 4.98 Å². The van der Waals surface area contributed by atoms with E-state index in [1.807, 2.05) is 29.4 Å². The molecule has 0 spiro atoms. The summed E-state index contributed by atoms with van der Waals surface area (Å²) in [7, 11) is 0. The lowest BCUT2D eigenvalue weighted by atomic mass is 10.1. The maximum atomic E-state index is 11.0. The van der Waals surface area contributed by atoms with E-state index in [0.717, 1.165) is 11.3 Å². The van der Waals surface area contributed by atoms with Crippen molar-refractivity contribution in [2.45, 2.75) is 46.3 Å². The van der Waals surface area contributed by atoms with Crippen LogP contribution in [0, 0.1) is 6.92 Å². The molecular formula is C14H21N5OS. The Morgan fingerprint density at radius 2 is 2.24 bits per heavy atom. The number of amides is 1. The third-order valence-electron chi connectivity index (χ3n) is 3.31. The molecule has 2 N–H and O–H groups in total. The maximum absolute atomic E-state index is 11.0. The summed E-state index contributed by atoms with van der Waals surface area (Å²) in [5, 5.41) is 13.1. The molecule has 1 amide bonds. The Labute approximate surface area is 128 Å². The van der Waals surface area contributed by atoms with Gasteiger partial charge in [-0.1, -0.05) is 0 Å². The minimum Gasteiger partial charge on any atom is -0.306 e. The Bertz CT molecular complexity index is 606. The second-order valence-electron chi connectivity index (χ2n) is 5.23. The van der Waals surface area contributed by atoms with Crippen LogP contribution >= 0.6 is 11.3 Å². The number of hydrogen-bond donors (Lipinski definition) is 2. The SMILES string of the molecule is CC(=O)Nc1nc(CNC(C)C(C)n2cc(C)cn2)cs1. The highest BCUT2D eigenvalue weighted by molar-refractivity contribution is 7.13. The fourth-order valence-electron chi connectivity index (χ4n) is 1.92. The zero-order valence-corrected chi connectivity index (χ0v) is 13.6. The van der Waals surface area contributed by atoms with Gasteiger partial charge < -0.3 is 10.6 Å². The minimum atomic E-state index is -0.0973. The van der Waals surface area contributed by atoms with Gasteiger partial charge in [-0.3, -0.25) is 9.48 Å². The van der Waals surface area contributed by atoms with Gasteiger partial charge in [0, 0.05) is 31.1 Å². The molecule has 0 saturated carbocycles. The van der Waals surface area contributed by atoms with E-state index < -0.39 is 0 Å². The molecule has 0 aromatic carbocycles. The molecule has 2 rings (SSSR count). The van der Waals surface area contributed by atoms with E-state index in [1.165, 1.54) is 18.3 Å². The van der Waals surface area contributed by atoms with Crippen LogP contribution in [0.1, 0.15) is 38.1 Å². The van der Waals surface area contributed by atoms with E-state index >= 15 is 0 Å². The van der Waals surface area contributed by atoms with Crippen LogP contribution in [0.15, 0.2) is 17.8 Å². The molecule has 21 heavy (non-hydrogen) atoms. The number of carbonyl (C=O) groups excluding carboxylic acids is 1. The third-order valence-corrected chi connectivity index (χ3v) is 4.12. The van der Waals surface area contributed by atoms with Gasteiger partial charge in [0.1, 0.15) is 0 Å². The van der Waals surface area contributed by atoms with Gasteiger partial charge in [-0.15, -0.1) is 11.3 Å². The first-order valence-electron chi connectivity index (χ1n) is 6.92. The van der Waals surface area contributed by atoms with E-state index in [1.54, 1.807) is 0 Å². The summed E-state index contributed by atoms with van der Waals surface area (Å²) in [5.74, 6) is -0.0973. The minimum absolute atomic E-state index is 0.0973. The van der Waals surface area contributed by atoms with Crippen LogP contribution in [-0.4, -0.2) is 26.7 Å². The molecule has 2 heterocycles. The topological polar surface area (TPSA) is 71.8 Å². The highest BCUT2D eigenvalue weighted by Gasteiger charge is 2.14. The predicted molar refractivity (Wildman–Crippen MR) is 84.4 cm³/mol. The van der Waals surface area contributed by atoms with E-state index in [9.17, 15) is 4.79 Å². The number of hydrogen-bond acceptors (Lipinski definition) is 5. The average molecular weight is 307 g/mol. The second-order valence-corrected chi connectivity index (χ2v) is 6.09. The molecule has 114 valence electrons. The average Bonchev–Trinajstić information content (AvgIpc) is 3.03. The summed E-state index contributed by atoms with van der Waals surface area (Å²) >= 11 is 1.44. The zero-order chi connectivity index (χ0) is 15.4. The highest BCUT2D eigenvalue weighted by atomic mass is 32.1. The molecule has 0 aliphatic carbocycles. The lowest BCUT2D eigenvalue weighted by molar-refractivity contribution is -0.114. The summed E-state index contributed by atoms with van der Waals surface area (Å²) < 4.78 is 1.97. The van der Waals surface area contributed by atoms with Crippen LogP contribution in [0.25, 0.3) is 0 Å². The Balaban J connectivity index is 1.87. The molecule has 0 aliphatic rings. The standard InChI is InChI=1S/C14H21N5OS/c1-9-5-16-19(7-9)11(3)10(2)15-6-13-8-21-14(18-13)17-12(4)20/h5,7-8,10-11,15H,6H2,1-4H3,(H,17,18,20). The van der Waals surface area contributed by atoms with Crippen molar-refractivity contribution < 1.29 is 4.79 Å².